The van der Waals surface area contributed by atoms with Crippen LogP contribution in [-0.2, 0) is 0 Å². The Hall–Kier alpha value is -1.27. The first-order valence-electron chi connectivity index (χ1n) is 6.59. The van der Waals surface area contributed by atoms with Gasteiger partial charge in [0.15, 0.2) is 5.84 Å². The lowest BCUT2D eigenvalue weighted by molar-refractivity contribution is 0.318. The van der Waals surface area contributed by atoms with Crippen LogP contribution >= 0.6 is 15.9 Å². The highest BCUT2D eigenvalue weighted by atomic mass is 79.9. The average Bonchev–Trinajstić information content (AvgIpc) is 2.38. The maximum atomic E-state index is 8.94. The van der Waals surface area contributed by atoms with Gasteiger partial charge in [0.05, 0.1) is 0 Å². The minimum atomic E-state index is 0.128. The van der Waals surface area contributed by atoms with Gasteiger partial charge in [-0.2, -0.15) is 0 Å². The summed E-state index contributed by atoms with van der Waals surface area (Å²) in [6, 6.07) is 6.07. The minimum absolute atomic E-state index is 0.128. The van der Waals surface area contributed by atoms with Crippen LogP contribution < -0.4 is 10.6 Å². The highest BCUT2D eigenvalue weighted by Gasteiger charge is 2.19. The number of amidine groups is 1. The average molecular weight is 343 g/mol. The second-order valence-corrected chi connectivity index (χ2v) is 5.96. The molecule has 0 saturated carbocycles. The Morgan fingerprint density at radius 3 is 2.60 bits per heavy atom. The lowest BCUT2D eigenvalue weighted by atomic mass is 10.1. The van der Waals surface area contributed by atoms with Gasteiger partial charge in [0.25, 0.3) is 0 Å². The Morgan fingerprint density at radius 1 is 1.45 bits per heavy atom. The van der Waals surface area contributed by atoms with E-state index in [2.05, 4.69) is 58.8 Å². The number of nitrogens with zero attached hydrogens (tertiary/aromatic N) is 3. The second kappa shape index (κ2) is 7.50. The number of nitrogens with two attached hydrogens (primary N) is 1. The lowest BCUT2D eigenvalue weighted by Crippen LogP contribution is -2.41. The van der Waals surface area contributed by atoms with Gasteiger partial charge in [0, 0.05) is 34.9 Å². The Balaban J connectivity index is 3.22. The topological polar surface area (TPSA) is 65.1 Å². The molecule has 0 radical (unpaired) electrons. The van der Waals surface area contributed by atoms with Gasteiger partial charge in [-0.05, 0) is 46.1 Å². The van der Waals surface area contributed by atoms with Crippen LogP contribution in [0.5, 0.6) is 0 Å². The molecule has 0 aliphatic carbocycles. The van der Waals surface area contributed by atoms with E-state index in [1.54, 1.807) is 0 Å². The number of likely N-dealkylation sites (N-methyl/N-ethyl adjacent to an activating group) is 2. The molecule has 1 atom stereocenters. The zero-order chi connectivity index (χ0) is 15.3. The van der Waals surface area contributed by atoms with Crippen molar-refractivity contribution >= 4 is 27.5 Å². The van der Waals surface area contributed by atoms with Gasteiger partial charge in [-0.3, -0.25) is 0 Å². The van der Waals surface area contributed by atoms with Crippen LogP contribution in [0.15, 0.2) is 27.8 Å². The third-order valence-corrected chi connectivity index (χ3v) is 3.65. The van der Waals surface area contributed by atoms with E-state index < -0.39 is 0 Å². The monoisotopic (exact) mass is 342 g/mol. The second-order valence-electron chi connectivity index (χ2n) is 5.04. The summed E-state index contributed by atoms with van der Waals surface area (Å²) in [5.74, 6) is 0.128. The van der Waals surface area contributed by atoms with Crippen molar-refractivity contribution in [3.05, 3.63) is 28.2 Å². The van der Waals surface area contributed by atoms with Crippen LogP contribution in [0.2, 0.25) is 0 Å². The lowest BCUT2D eigenvalue weighted by Gasteiger charge is -2.33. The van der Waals surface area contributed by atoms with Crippen molar-refractivity contribution in [2.75, 3.05) is 32.1 Å². The van der Waals surface area contributed by atoms with E-state index in [0.717, 1.165) is 28.8 Å². The van der Waals surface area contributed by atoms with E-state index in [-0.39, 0.29) is 5.84 Å². The maximum Gasteiger partial charge on any atom is 0.172 e. The maximum absolute atomic E-state index is 8.94. The standard InChI is InChI=1S/C14H23BrN4O/c1-5-19(10(2)9-18(3)4)13-8-11(15)6-7-12(13)14(16)17-20/h6-8,10,20H,5,9H2,1-4H3,(H2,16,17). The third kappa shape index (κ3) is 4.11. The molecule has 1 aromatic carbocycles. The van der Waals surface area contributed by atoms with Crippen molar-refractivity contribution < 1.29 is 5.21 Å². The summed E-state index contributed by atoms with van der Waals surface area (Å²) in [7, 11) is 4.10. The summed E-state index contributed by atoms with van der Waals surface area (Å²) >= 11 is 3.48. The molecule has 0 aliphatic rings. The molecule has 0 fully saturated rings. The molecule has 0 bridgehead atoms. The van der Waals surface area contributed by atoms with Gasteiger partial charge < -0.3 is 20.7 Å². The molecule has 6 heteroatoms. The first-order valence-corrected chi connectivity index (χ1v) is 7.38. The molecule has 0 saturated heterocycles. The molecule has 1 aromatic rings. The SMILES string of the molecule is CCN(c1cc(Br)ccc1/C(N)=N/O)C(C)CN(C)C. The smallest absolute Gasteiger partial charge is 0.172 e. The molecule has 0 heterocycles. The number of rotatable bonds is 6. The fourth-order valence-corrected chi connectivity index (χ4v) is 2.71. The molecule has 3 N–H and O–H groups in total. The first-order chi connectivity index (χ1) is 9.40. The molecule has 0 amide bonds. The zero-order valence-corrected chi connectivity index (χ0v) is 14.1. The number of oxime groups is 1. The normalized spacial score (nSPS) is 13.6. The summed E-state index contributed by atoms with van der Waals surface area (Å²) in [5, 5.41) is 12.1. The van der Waals surface area contributed by atoms with Crippen molar-refractivity contribution in [3.63, 3.8) is 0 Å². The van der Waals surface area contributed by atoms with Crippen molar-refractivity contribution in [1.82, 2.24) is 4.90 Å². The largest absolute Gasteiger partial charge is 0.409 e. The van der Waals surface area contributed by atoms with Crippen LogP contribution in [0, 0.1) is 0 Å². The fraction of sp³-hybridized carbons (Fsp3) is 0.500. The predicted molar refractivity (Wildman–Crippen MR) is 87.7 cm³/mol. The van der Waals surface area contributed by atoms with Gasteiger partial charge in [0.1, 0.15) is 0 Å². The summed E-state index contributed by atoms with van der Waals surface area (Å²) < 4.78 is 0.970. The van der Waals surface area contributed by atoms with E-state index in [1.165, 1.54) is 0 Å². The Bertz CT molecular complexity index is 476. The van der Waals surface area contributed by atoms with Gasteiger partial charge in [0.2, 0.25) is 0 Å². The Labute approximate surface area is 129 Å². The molecular weight excluding hydrogens is 320 g/mol. The van der Waals surface area contributed by atoms with Crippen molar-refractivity contribution in [2.24, 2.45) is 10.9 Å². The highest BCUT2D eigenvalue weighted by Crippen LogP contribution is 2.27. The summed E-state index contributed by atoms with van der Waals surface area (Å²) in [6.07, 6.45) is 0. The molecular formula is C14H23BrN4O. The van der Waals surface area contributed by atoms with Crippen LogP contribution in [0.25, 0.3) is 0 Å². The fourth-order valence-electron chi connectivity index (χ4n) is 2.36. The third-order valence-electron chi connectivity index (χ3n) is 3.16. The number of hydrogen-bond donors (Lipinski definition) is 2. The summed E-state index contributed by atoms with van der Waals surface area (Å²) in [4.78, 5) is 4.40. The van der Waals surface area contributed by atoms with Crippen LogP contribution in [-0.4, -0.2) is 49.2 Å². The number of hydrogen-bond acceptors (Lipinski definition) is 4. The minimum Gasteiger partial charge on any atom is -0.409 e. The zero-order valence-electron chi connectivity index (χ0n) is 12.5. The number of halogens is 1. The van der Waals surface area contributed by atoms with Gasteiger partial charge in [-0.1, -0.05) is 21.1 Å². The molecule has 20 heavy (non-hydrogen) atoms. The molecule has 1 rings (SSSR count). The van der Waals surface area contributed by atoms with Gasteiger partial charge in [-0.15, -0.1) is 0 Å². The van der Waals surface area contributed by atoms with E-state index in [0.29, 0.717) is 6.04 Å². The highest BCUT2D eigenvalue weighted by molar-refractivity contribution is 9.10. The van der Waals surface area contributed by atoms with Gasteiger partial charge in [-0.25, -0.2) is 0 Å². The van der Waals surface area contributed by atoms with E-state index >= 15 is 0 Å². The summed E-state index contributed by atoms with van der Waals surface area (Å²) in [5.41, 5.74) is 7.49. The van der Waals surface area contributed by atoms with Crippen molar-refractivity contribution in [3.8, 4) is 0 Å². The van der Waals surface area contributed by atoms with Crippen LogP contribution in [0.3, 0.4) is 0 Å². The van der Waals surface area contributed by atoms with E-state index in [4.69, 9.17) is 10.9 Å². The molecule has 0 aromatic heterocycles. The van der Waals surface area contributed by atoms with Crippen molar-refractivity contribution in [1.29, 1.82) is 0 Å². The Morgan fingerprint density at radius 2 is 2.10 bits per heavy atom. The molecule has 5 nitrogen and oxygen atoms in total. The first kappa shape index (κ1) is 16.8. The van der Waals surface area contributed by atoms with Crippen LogP contribution in [0.1, 0.15) is 19.4 Å². The molecule has 1 unspecified atom stereocenters. The number of benzene rings is 1. The Kier molecular flexibility index (Phi) is 6.29. The molecule has 112 valence electrons. The predicted octanol–water partition coefficient (Wildman–Crippen LogP) is 2.32. The van der Waals surface area contributed by atoms with Crippen LogP contribution in [0.4, 0.5) is 5.69 Å². The van der Waals surface area contributed by atoms with E-state index in [1.807, 2.05) is 18.2 Å². The molecule has 0 aliphatic heterocycles. The van der Waals surface area contributed by atoms with Crippen molar-refractivity contribution in [2.45, 2.75) is 19.9 Å². The van der Waals surface area contributed by atoms with E-state index in [9.17, 15) is 0 Å². The van der Waals surface area contributed by atoms with Gasteiger partial charge >= 0.3 is 0 Å². The number of anilines is 1. The quantitative estimate of drug-likeness (QED) is 0.360. The molecule has 0 spiro atoms. The summed E-state index contributed by atoms with van der Waals surface area (Å²) in [6.45, 7) is 6.04.